The third-order valence-corrected chi connectivity index (χ3v) is 5.88. The van der Waals surface area contributed by atoms with Gasteiger partial charge in [0.25, 0.3) is 5.56 Å². The second kappa shape index (κ2) is 7.11. The minimum Gasteiger partial charge on any atom is -0.358 e. The van der Waals surface area contributed by atoms with E-state index in [1.54, 1.807) is 16.7 Å². The molecule has 0 radical (unpaired) electrons. The molecular weight excluding hydrogens is 354 g/mol. The van der Waals surface area contributed by atoms with E-state index >= 15 is 0 Å². The van der Waals surface area contributed by atoms with E-state index in [1.165, 1.54) is 25.2 Å². The van der Waals surface area contributed by atoms with Crippen LogP contribution in [0.2, 0.25) is 0 Å². The van der Waals surface area contributed by atoms with Crippen LogP contribution in [0.3, 0.4) is 0 Å². The molecule has 2 aromatic rings. The number of hydrogen-bond acceptors (Lipinski definition) is 5. The number of piperidine rings is 1. The zero-order valence-electron chi connectivity index (χ0n) is 15.0. The van der Waals surface area contributed by atoms with E-state index in [9.17, 15) is 18.0 Å². The van der Waals surface area contributed by atoms with Crippen molar-refractivity contribution in [3.05, 3.63) is 56.7 Å². The monoisotopic (exact) mass is 377 g/mol. The van der Waals surface area contributed by atoms with Crippen molar-refractivity contribution in [1.82, 2.24) is 9.13 Å². The van der Waals surface area contributed by atoms with Crippen molar-refractivity contribution in [1.29, 1.82) is 0 Å². The van der Waals surface area contributed by atoms with E-state index < -0.39 is 9.84 Å². The topological polar surface area (TPSA) is 81.4 Å². The first kappa shape index (κ1) is 18.4. The molecule has 1 aliphatic heterocycles. The van der Waals surface area contributed by atoms with Crippen LogP contribution in [0.5, 0.6) is 0 Å². The lowest BCUT2D eigenvalue weighted by atomic mass is 10.1. The van der Waals surface area contributed by atoms with Crippen molar-refractivity contribution in [2.24, 2.45) is 7.05 Å². The van der Waals surface area contributed by atoms with Gasteiger partial charge in [-0.15, -0.1) is 0 Å². The molecule has 3 rings (SSSR count). The highest BCUT2D eigenvalue weighted by atomic mass is 32.2. The van der Waals surface area contributed by atoms with Crippen molar-refractivity contribution < 1.29 is 8.42 Å². The van der Waals surface area contributed by atoms with E-state index in [-0.39, 0.29) is 22.7 Å². The van der Waals surface area contributed by atoms with Crippen LogP contribution in [0.4, 0.5) is 5.82 Å². The molecule has 1 aromatic heterocycles. The predicted molar refractivity (Wildman–Crippen MR) is 101 cm³/mol. The van der Waals surface area contributed by atoms with Crippen molar-refractivity contribution in [2.45, 2.75) is 30.7 Å². The summed E-state index contributed by atoms with van der Waals surface area (Å²) in [6.45, 7) is 1.92. The second-order valence-electron chi connectivity index (χ2n) is 6.73. The van der Waals surface area contributed by atoms with Gasteiger partial charge in [0.1, 0.15) is 5.82 Å². The maximum atomic E-state index is 12.7. The summed E-state index contributed by atoms with van der Waals surface area (Å²) in [6, 6.07) is 8.00. The highest BCUT2D eigenvalue weighted by Crippen LogP contribution is 2.19. The first-order valence-electron chi connectivity index (χ1n) is 8.62. The standard InChI is InChI=1S/C18H23N3O4S/c1-19-17(22)12-16(20-10-4-3-5-11-20)21(18(19)23)13-14-6-8-15(9-7-14)26(2,24)25/h6-9,12H,3-5,10-11,13H2,1-2H3. The van der Waals surface area contributed by atoms with Crippen molar-refractivity contribution in [2.75, 3.05) is 24.2 Å². The van der Waals surface area contributed by atoms with Crippen LogP contribution in [0.15, 0.2) is 44.8 Å². The quantitative estimate of drug-likeness (QED) is 0.794. The lowest BCUT2D eigenvalue weighted by Gasteiger charge is -2.30. The average molecular weight is 377 g/mol. The van der Waals surface area contributed by atoms with Gasteiger partial charge in [0.2, 0.25) is 0 Å². The Balaban J connectivity index is 2.02. The Hall–Kier alpha value is -2.35. The molecule has 2 heterocycles. The summed E-state index contributed by atoms with van der Waals surface area (Å²) in [6.07, 6.45) is 4.38. The van der Waals surface area contributed by atoms with Crippen molar-refractivity contribution in [3.8, 4) is 0 Å². The molecule has 7 nitrogen and oxygen atoms in total. The highest BCUT2D eigenvalue weighted by Gasteiger charge is 2.18. The molecule has 0 unspecified atom stereocenters. The third kappa shape index (κ3) is 3.75. The average Bonchev–Trinajstić information content (AvgIpc) is 2.62. The number of hydrogen-bond donors (Lipinski definition) is 0. The van der Waals surface area contributed by atoms with E-state index in [1.807, 2.05) is 0 Å². The Morgan fingerprint density at radius 2 is 1.62 bits per heavy atom. The van der Waals surface area contributed by atoms with Gasteiger partial charge in [0.05, 0.1) is 11.4 Å². The molecule has 1 fully saturated rings. The lowest BCUT2D eigenvalue weighted by molar-refractivity contribution is 0.548. The van der Waals surface area contributed by atoms with Crippen LogP contribution < -0.4 is 16.1 Å². The summed E-state index contributed by atoms with van der Waals surface area (Å²) < 4.78 is 25.9. The molecule has 0 aliphatic carbocycles. The Morgan fingerprint density at radius 3 is 2.19 bits per heavy atom. The second-order valence-corrected chi connectivity index (χ2v) is 8.75. The minimum atomic E-state index is -3.26. The molecule has 0 N–H and O–H groups in total. The lowest BCUT2D eigenvalue weighted by Crippen LogP contribution is -2.43. The van der Waals surface area contributed by atoms with Gasteiger partial charge in [-0.3, -0.25) is 13.9 Å². The van der Waals surface area contributed by atoms with Crippen molar-refractivity contribution >= 4 is 15.7 Å². The van der Waals surface area contributed by atoms with Gasteiger partial charge < -0.3 is 4.90 Å². The van der Waals surface area contributed by atoms with Crippen LogP contribution in [0.1, 0.15) is 24.8 Å². The summed E-state index contributed by atoms with van der Waals surface area (Å²) in [7, 11) is -1.79. The molecule has 0 bridgehead atoms. The number of sulfone groups is 1. The summed E-state index contributed by atoms with van der Waals surface area (Å²) in [4.78, 5) is 27.1. The Bertz CT molecular complexity index is 1010. The van der Waals surface area contributed by atoms with Gasteiger partial charge >= 0.3 is 5.69 Å². The zero-order chi connectivity index (χ0) is 18.9. The largest absolute Gasteiger partial charge is 0.358 e. The van der Waals surface area contributed by atoms with E-state index in [4.69, 9.17) is 0 Å². The molecule has 26 heavy (non-hydrogen) atoms. The van der Waals surface area contributed by atoms with Crippen LogP contribution in [-0.2, 0) is 23.4 Å². The van der Waals surface area contributed by atoms with E-state index in [2.05, 4.69) is 4.90 Å². The molecule has 0 amide bonds. The van der Waals surface area contributed by atoms with Gasteiger partial charge in [-0.25, -0.2) is 13.2 Å². The fourth-order valence-electron chi connectivity index (χ4n) is 3.22. The van der Waals surface area contributed by atoms with E-state index in [0.717, 1.165) is 48.7 Å². The third-order valence-electron chi connectivity index (χ3n) is 4.75. The Morgan fingerprint density at radius 1 is 1.00 bits per heavy atom. The molecule has 0 atom stereocenters. The molecular formula is C18H23N3O4S. The number of aromatic nitrogens is 2. The van der Waals surface area contributed by atoms with Gasteiger partial charge in [-0.05, 0) is 37.0 Å². The summed E-state index contributed by atoms with van der Waals surface area (Å²) in [5.74, 6) is 0.630. The minimum absolute atomic E-state index is 0.241. The molecule has 0 spiro atoms. The smallest absolute Gasteiger partial charge is 0.332 e. The van der Waals surface area contributed by atoms with Crippen LogP contribution in [-0.4, -0.2) is 36.9 Å². The summed E-state index contributed by atoms with van der Waals surface area (Å²) in [5.41, 5.74) is 0.112. The predicted octanol–water partition coefficient (Wildman–Crippen LogP) is 0.989. The molecule has 1 aromatic carbocycles. The Labute approximate surface area is 152 Å². The molecule has 8 heteroatoms. The number of nitrogens with zero attached hydrogens (tertiary/aromatic N) is 3. The first-order valence-corrected chi connectivity index (χ1v) is 10.5. The van der Waals surface area contributed by atoms with Crippen LogP contribution in [0.25, 0.3) is 0 Å². The SMILES string of the molecule is Cn1c(=O)cc(N2CCCCC2)n(Cc2ccc(S(C)(=O)=O)cc2)c1=O. The maximum Gasteiger partial charge on any atom is 0.332 e. The number of benzene rings is 1. The van der Waals surface area contributed by atoms with Crippen molar-refractivity contribution in [3.63, 3.8) is 0 Å². The first-order chi connectivity index (χ1) is 12.3. The molecule has 1 aliphatic rings. The Kier molecular flexibility index (Phi) is 5.04. The maximum absolute atomic E-state index is 12.7. The molecule has 1 saturated heterocycles. The van der Waals surface area contributed by atoms with E-state index in [0.29, 0.717) is 5.82 Å². The van der Waals surface area contributed by atoms with Gasteiger partial charge in [0.15, 0.2) is 9.84 Å². The summed E-state index contributed by atoms with van der Waals surface area (Å²) >= 11 is 0. The normalized spacial score (nSPS) is 15.2. The fourth-order valence-corrected chi connectivity index (χ4v) is 3.85. The molecule has 0 saturated carbocycles. The van der Waals surface area contributed by atoms with Gasteiger partial charge in [0, 0.05) is 32.5 Å². The zero-order valence-corrected chi connectivity index (χ0v) is 15.8. The number of anilines is 1. The fraction of sp³-hybridized carbons (Fsp3) is 0.444. The number of rotatable bonds is 4. The highest BCUT2D eigenvalue weighted by molar-refractivity contribution is 7.90. The van der Waals surface area contributed by atoms with Crippen LogP contribution in [0, 0.1) is 0 Å². The summed E-state index contributed by atoms with van der Waals surface area (Å²) in [5, 5.41) is 0. The van der Waals surface area contributed by atoms with Gasteiger partial charge in [-0.2, -0.15) is 0 Å². The molecule has 140 valence electrons. The van der Waals surface area contributed by atoms with Crippen LogP contribution >= 0.6 is 0 Å². The van der Waals surface area contributed by atoms with Gasteiger partial charge in [-0.1, -0.05) is 12.1 Å².